The fraction of sp³-hybridized carbons (Fsp3) is 0.278. The zero-order chi connectivity index (χ0) is 18.0. The summed E-state index contributed by atoms with van der Waals surface area (Å²) in [6.45, 7) is 2.13. The Morgan fingerprint density at radius 3 is 2.72 bits per heavy atom. The highest BCUT2D eigenvalue weighted by Crippen LogP contribution is 2.23. The zero-order valence-corrected chi connectivity index (χ0v) is 15.2. The topological polar surface area (TPSA) is 75.4 Å². The normalized spacial score (nSPS) is 13.4. The van der Waals surface area contributed by atoms with Crippen LogP contribution in [0.3, 0.4) is 0 Å². The number of benzene rings is 1. The monoisotopic (exact) mass is 359 g/mol. The van der Waals surface area contributed by atoms with Crippen LogP contribution in [0, 0.1) is 6.92 Å². The van der Waals surface area contributed by atoms with E-state index in [-0.39, 0.29) is 17.5 Å². The largest absolute Gasteiger partial charge is 0.468 e. The van der Waals surface area contributed by atoms with Crippen LogP contribution in [0.4, 0.5) is 0 Å². The van der Waals surface area contributed by atoms with Gasteiger partial charge in [0.25, 0.3) is 0 Å². The van der Waals surface area contributed by atoms with Crippen LogP contribution in [0.5, 0.6) is 0 Å². The first-order valence-corrected chi connectivity index (χ1v) is 9.41. The number of aryl methyl sites for hydroxylation is 1. The molecule has 7 heteroatoms. The van der Waals surface area contributed by atoms with Crippen molar-refractivity contribution in [2.75, 3.05) is 20.6 Å². The standard InChI is InChI=1S/C18H21N3O3S/c1-13-10-14-6-4-8-17(18(14)19-11-13)25(22,23)20-12-15(21(2)3)16-7-5-9-24-16/h4-11,15,20H,12H2,1-3H3. The number of sulfonamides is 1. The average molecular weight is 359 g/mol. The van der Waals surface area contributed by atoms with E-state index in [0.717, 1.165) is 10.9 Å². The summed E-state index contributed by atoms with van der Waals surface area (Å²) >= 11 is 0. The van der Waals surface area contributed by atoms with Crippen molar-refractivity contribution < 1.29 is 12.8 Å². The van der Waals surface area contributed by atoms with Gasteiger partial charge in [0, 0.05) is 18.1 Å². The molecule has 2 aromatic heterocycles. The van der Waals surface area contributed by atoms with Gasteiger partial charge < -0.3 is 4.42 Å². The van der Waals surface area contributed by atoms with Crippen LogP contribution in [0.1, 0.15) is 17.4 Å². The maximum Gasteiger partial charge on any atom is 0.242 e. The predicted molar refractivity (Wildman–Crippen MR) is 96.8 cm³/mol. The molecule has 0 bridgehead atoms. The number of pyridine rings is 1. The maximum absolute atomic E-state index is 12.8. The number of nitrogens with one attached hydrogen (secondary N) is 1. The number of aromatic nitrogens is 1. The number of furan rings is 1. The lowest BCUT2D eigenvalue weighted by Crippen LogP contribution is -2.34. The van der Waals surface area contributed by atoms with Gasteiger partial charge in [-0.3, -0.25) is 9.88 Å². The molecular weight excluding hydrogens is 338 g/mol. The van der Waals surface area contributed by atoms with Crippen LogP contribution in [0.15, 0.2) is 58.2 Å². The number of likely N-dealkylation sites (N-methyl/N-ethyl adjacent to an activating group) is 1. The van der Waals surface area contributed by atoms with Crippen LogP contribution >= 0.6 is 0 Å². The van der Waals surface area contributed by atoms with Crippen molar-refractivity contribution in [1.29, 1.82) is 0 Å². The quantitative estimate of drug-likeness (QED) is 0.732. The van der Waals surface area contributed by atoms with E-state index in [4.69, 9.17) is 4.42 Å². The average Bonchev–Trinajstić information content (AvgIpc) is 3.08. The predicted octanol–water partition coefficient (Wildman–Crippen LogP) is 2.72. The van der Waals surface area contributed by atoms with E-state index in [1.54, 1.807) is 30.7 Å². The van der Waals surface area contributed by atoms with Crippen LogP contribution in [0.25, 0.3) is 10.9 Å². The molecule has 1 aromatic carbocycles. The minimum Gasteiger partial charge on any atom is -0.468 e. The molecule has 1 atom stereocenters. The Bertz CT molecular complexity index is 966. The van der Waals surface area contributed by atoms with Crippen molar-refractivity contribution in [3.63, 3.8) is 0 Å². The third-order valence-electron chi connectivity index (χ3n) is 4.06. The summed E-state index contributed by atoms with van der Waals surface area (Å²) in [5.74, 6) is 0.708. The molecule has 1 unspecified atom stereocenters. The Balaban J connectivity index is 1.90. The Morgan fingerprint density at radius 2 is 2.04 bits per heavy atom. The summed E-state index contributed by atoms with van der Waals surface area (Å²) in [6.07, 6.45) is 3.25. The van der Waals surface area contributed by atoms with Crippen molar-refractivity contribution in [2.45, 2.75) is 17.9 Å². The van der Waals surface area contributed by atoms with Gasteiger partial charge in [0.05, 0.1) is 17.8 Å². The lowest BCUT2D eigenvalue weighted by atomic mass is 10.2. The number of fused-ring (bicyclic) bond motifs is 1. The second kappa shape index (κ2) is 6.95. The number of nitrogens with zero attached hydrogens (tertiary/aromatic N) is 2. The van der Waals surface area contributed by atoms with Gasteiger partial charge in [-0.05, 0) is 50.8 Å². The molecule has 132 valence electrons. The molecule has 0 radical (unpaired) electrons. The highest BCUT2D eigenvalue weighted by atomic mass is 32.2. The van der Waals surface area contributed by atoms with E-state index >= 15 is 0 Å². The van der Waals surface area contributed by atoms with E-state index in [0.29, 0.717) is 11.3 Å². The van der Waals surface area contributed by atoms with Gasteiger partial charge in [0.1, 0.15) is 10.7 Å². The molecule has 0 aliphatic carbocycles. The van der Waals surface area contributed by atoms with E-state index in [1.807, 2.05) is 44.1 Å². The molecule has 6 nitrogen and oxygen atoms in total. The summed E-state index contributed by atoms with van der Waals surface area (Å²) in [5.41, 5.74) is 1.46. The molecule has 0 saturated carbocycles. The van der Waals surface area contributed by atoms with Crippen LogP contribution in [0.2, 0.25) is 0 Å². The molecule has 0 saturated heterocycles. The highest BCUT2D eigenvalue weighted by molar-refractivity contribution is 7.89. The minimum absolute atomic E-state index is 0.182. The first-order chi connectivity index (χ1) is 11.9. The van der Waals surface area contributed by atoms with Crippen molar-refractivity contribution >= 4 is 20.9 Å². The lowest BCUT2D eigenvalue weighted by molar-refractivity contribution is 0.259. The zero-order valence-electron chi connectivity index (χ0n) is 14.4. The van der Waals surface area contributed by atoms with Crippen LogP contribution < -0.4 is 4.72 Å². The van der Waals surface area contributed by atoms with Gasteiger partial charge in [0.15, 0.2) is 0 Å². The summed E-state index contributed by atoms with van der Waals surface area (Å²) in [5, 5.41) is 0.804. The highest BCUT2D eigenvalue weighted by Gasteiger charge is 2.23. The Kier molecular flexibility index (Phi) is 4.89. The number of para-hydroxylation sites is 1. The molecule has 3 rings (SSSR count). The van der Waals surface area contributed by atoms with Gasteiger partial charge >= 0.3 is 0 Å². The number of hydrogen-bond acceptors (Lipinski definition) is 5. The fourth-order valence-electron chi connectivity index (χ4n) is 2.74. The lowest BCUT2D eigenvalue weighted by Gasteiger charge is -2.22. The van der Waals surface area contributed by atoms with Gasteiger partial charge in [-0.15, -0.1) is 0 Å². The Labute approximate surface area is 147 Å². The fourth-order valence-corrected chi connectivity index (χ4v) is 3.96. The number of hydrogen-bond donors (Lipinski definition) is 1. The molecule has 1 N–H and O–H groups in total. The first kappa shape index (κ1) is 17.6. The van der Waals surface area contributed by atoms with E-state index in [1.165, 1.54) is 0 Å². The van der Waals surface area contributed by atoms with Gasteiger partial charge in [0.2, 0.25) is 10.0 Å². The summed E-state index contributed by atoms with van der Waals surface area (Å²) in [4.78, 5) is 6.40. The molecule has 25 heavy (non-hydrogen) atoms. The van der Waals surface area contributed by atoms with Crippen molar-refractivity contribution in [1.82, 2.24) is 14.6 Å². The van der Waals surface area contributed by atoms with E-state index < -0.39 is 10.0 Å². The van der Waals surface area contributed by atoms with Crippen molar-refractivity contribution in [2.24, 2.45) is 0 Å². The van der Waals surface area contributed by atoms with Gasteiger partial charge in [-0.1, -0.05) is 12.1 Å². The molecule has 0 aliphatic heterocycles. The maximum atomic E-state index is 12.8. The van der Waals surface area contributed by atoms with Crippen molar-refractivity contribution in [3.05, 3.63) is 60.2 Å². The van der Waals surface area contributed by atoms with Gasteiger partial charge in [-0.2, -0.15) is 0 Å². The molecule has 0 fully saturated rings. The molecular formula is C18H21N3O3S. The third kappa shape index (κ3) is 3.73. The van der Waals surface area contributed by atoms with Crippen molar-refractivity contribution in [3.8, 4) is 0 Å². The van der Waals surface area contributed by atoms with E-state index in [2.05, 4.69) is 9.71 Å². The Morgan fingerprint density at radius 1 is 1.24 bits per heavy atom. The second-order valence-corrected chi connectivity index (χ2v) is 7.92. The Hall–Kier alpha value is -2.22. The summed E-state index contributed by atoms with van der Waals surface area (Å²) in [6, 6.07) is 10.5. The molecule has 2 heterocycles. The van der Waals surface area contributed by atoms with E-state index in [9.17, 15) is 8.42 Å². The molecule has 3 aromatic rings. The molecule has 0 spiro atoms. The second-order valence-electron chi connectivity index (χ2n) is 6.19. The smallest absolute Gasteiger partial charge is 0.242 e. The SMILES string of the molecule is Cc1cnc2c(S(=O)(=O)NCC(c3ccco3)N(C)C)cccc2c1. The summed E-state index contributed by atoms with van der Waals surface area (Å²) in [7, 11) is 0.0572. The first-order valence-electron chi connectivity index (χ1n) is 7.93. The third-order valence-corrected chi connectivity index (χ3v) is 5.52. The van der Waals surface area contributed by atoms with Crippen LogP contribution in [-0.4, -0.2) is 38.9 Å². The summed E-state index contributed by atoms with van der Waals surface area (Å²) < 4.78 is 33.8. The minimum atomic E-state index is -3.70. The molecule has 0 amide bonds. The van der Waals surface area contributed by atoms with Crippen LogP contribution in [-0.2, 0) is 10.0 Å². The van der Waals surface area contributed by atoms with Gasteiger partial charge in [-0.25, -0.2) is 13.1 Å². The number of rotatable bonds is 6. The molecule has 0 aliphatic rings.